The molecule has 0 unspecified atom stereocenters. The molecule has 2 aromatic carbocycles. The zero-order valence-corrected chi connectivity index (χ0v) is 15.2. The van der Waals surface area contributed by atoms with E-state index >= 15 is 0 Å². The summed E-state index contributed by atoms with van der Waals surface area (Å²) in [6.07, 6.45) is 2.63. The number of ether oxygens (including phenoxy) is 1. The molecule has 4 rings (SSSR count). The van der Waals surface area contributed by atoms with E-state index in [1.54, 1.807) is 0 Å². The Morgan fingerprint density at radius 3 is 2.78 bits per heavy atom. The van der Waals surface area contributed by atoms with E-state index in [0.29, 0.717) is 31.8 Å². The Kier molecular flexibility index (Phi) is 5.14. The van der Waals surface area contributed by atoms with Crippen LogP contribution in [0.4, 0.5) is 0 Å². The van der Waals surface area contributed by atoms with Crippen LogP contribution in [-0.4, -0.2) is 48.1 Å². The van der Waals surface area contributed by atoms with Crippen molar-refractivity contribution < 1.29 is 9.53 Å². The number of benzene rings is 2. The van der Waals surface area contributed by atoms with Crippen molar-refractivity contribution in [3.63, 3.8) is 0 Å². The second kappa shape index (κ2) is 7.86. The average Bonchev–Trinajstić information content (AvgIpc) is 2.73. The van der Waals surface area contributed by atoms with Gasteiger partial charge in [0.2, 0.25) is 0 Å². The van der Waals surface area contributed by atoms with E-state index < -0.39 is 0 Å². The molecule has 1 amide bonds. The zero-order chi connectivity index (χ0) is 18.6. The monoisotopic (exact) mass is 361 g/mol. The molecule has 0 radical (unpaired) electrons. The van der Waals surface area contributed by atoms with Gasteiger partial charge in [-0.25, -0.2) is 0 Å². The van der Waals surface area contributed by atoms with E-state index in [-0.39, 0.29) is 12.0 Å². The number of fused-ring (bicyclic) bond motifs is 1. The summed E-state index contributed by atoms with van der Waals surface area (Å²) in [6, 6.07) is 17.9. The number of carbonyl (C=O) groups excluding carboxylic acids is 1. The summed E-state index contributed by atoms with van der Waals surface area (Å²) in [5.74, 6) is 0.0476. The molecule has 0 bridgehead atoms. The maximum absolute atomic E-state index is 12.8. The number of amides is 1. The van der Waals surface area contributed by atoms with Gasteiger partial charge in [-0.2, -0.15) is 0 Å². The van der Waals surface area contributed by atoms with Gasteiger partial charge in [0.05, 0.1) is 18.2 Å². The zero-order valence-electron chi connectivity index (χ0n) is 15.2. The van der Waals surface area contributed by atoms with E-state index in [1.807, 2.05) is 59.6 Å². The van der Waals surface area contributed by atoms with Crippen molar-refractivity contribution in [2.45, 2.75) is 12.5 Å². The Labute approximate surface area is 158 Å². The second-order valence-corrected chi connectivity index (χ2v) is 6.77. The largest absolute Gasteiger partial charge is 0.374 e. The molecule has 1 saturated heterocycles. The van der Waals surface area contributed by atoms with E-state index in [2.05, 4.69) is 11.1 Å². The Hall–Kier alpha value is -2.76. The minimum Gasteiger partial charge on any atom is -0.374 e. The van der Waals surface area contributed by atoms with Crippen LogP contribution in [0.3, 0.4) is 0 Å². The van der Waals surface area contributed by atoms with Crippen LogP contribution < -0.4 is 5.73 Å². The molecule has 1 aliphatic rings. The average molecular weight is 361 g/mol. The van der Waals surface area contributed by atoms with Crippen LogP contribution in [0.15, 0.2) is 60.8 Å². The van der Waals surface area contributed by atoms with Gasteiger partial charge in [-0.05, 0) is 48.4 Å². The topological polar surface area (TPSA) is 68.5 Å². The number of hydrogen-bond acceptors (Lipinski definition) is 4. The van der Waals surface area contributed by atoms with E-state index in [4.69, 9.17) is 10.5 Å². The Balaban J connectivity index is 1.56. The highest BCUT2D eigenvalue weighted by Gasteiger charge is 2.24. The molecule has 1 fully saturated rings. The van der Waals surface area contributed by atoms with Gasteiger partial charge in [-0.1, -0.05) is 30.3 Å². The minimum atomic E-state index is 0.0372. The fourth-order valence-electron chi connectivity index (χ4n) is 3.59. The van der Waals surface area contributed by atoms with Crippen LogP contribution in [0.1, 0.15) is 16.8 Å². The normalized spacial score (nSPS) is 17.2. The van der Waals surface area contributed by atoms with Gasteiger partial charge >= 0.3 is 0 Å². The summed E-state index contributed by atoms with van der Waals surface area (Å²) in [7, 11) is 0. The third kappa shape index (κ3) is 3.70. The second-order valence-electron chi connectivity index (χ2n) is 6.77. The molecular weight excluding hydrogens is 338 g/mol. The number of nitrogens with two attached hydrogens (primary N) is 1. The summed E-state index contributed by atoms with van der Waals surface area (Å²) in [4.78, 5) is 19.1. The fourth-order valence-corrected chi connectivity index (χ4v) is 3.59. The van der Waals surface area contributed by atoms with Gasteiger partial charge in [0.25, 0.3) is 5.91 Å². The fraction of sp³-hybridized carbons (Fsp3) is 0.273. The molecular formula is C22H23N3O2. The van der Waals surface area contributed by atoms with Crippen molar-refractivity contribution in [3.8, 4) is 11.1 Å². The number of morpholine rings is 1. The molecule has 1 atom stereocenters. The molecule has 0 spiro atoms. The molecule has 0 aliphatic carbocycles. The number of aromatic nitrogens is 1. The number of hydrogen-bond donors (Lipinski definition) is 1. The first kappa shape index (κ1) is 17.6. The summed E-state index contributed by atoms with van der Waals surface area (Å²) >= 11 is 0. The predicted molar refractivity (Wildman–Crippen MR) is 106 cm³/mol. The van der Waals surface area contributed by atoms with Crippen molar-refractivity contribution in [3.05, 3.63) is 66.4 Å². The maximum atomic E-state index is 12.8. The molecule has 0 saturated carbocycles. The van der Waals surface area contributed by atoms with Crippen LogP contribution in [0, 0.1) is 0 Å². The van der Waals surface area contributed by atoms with Crippen LogP contribution in [-0.2, 0) is 4.74 Å². The van der Waals surface area contributed by atoms with E-state index in [9.17, 15) is 4.79 Å². The number of rotatable bonds is 4. The Morgan fingerprint density at radius 2 is 1.96 bits per heavy atom. The third-order valence-corrected chi connectivity index (χ3v) is 5.01. The lowest BCUT2D eigenvalue weighted by atomic mass is 10.00. The quantitative estimate of drug-likeness (QED) is 0.775. The first-order valence-corrected chi connectivity index (χ1v) is 9.31. The maximum Gasteiger partial charge on any atom is 0.254 e. The van der Waals surface area contributed by atoms with Gasteiger partial charge in [0, 0.05) is 30.2 Å². The first-order valence-electron chi connectivity index (χ1n) is 9.31. The van der Waals surface area contributed by atoms with Crippen LogP contribution in [0.5, 0.6) is 0 Å². The van der Waals surface area contributed by atoms with E-state index in [1.165, 1.54) is 0 Å². The van der Waals surface area contributed by atoms with Gasteiger partial charge < -0.3 is 15.4 Å². The summed E-state index contributed by atoms with van der Waals surface area (Å²) in [6.45, 7) is 2.36. The Bertz CT molecular complexity index is 932. The number of para-hydroxylation sites is 1. The summed E-state index contributed by atoms with van der Waals surface area (Å²) < 4.78 is 5.67. The smallest absolute Gasteiger partial charge is 0.254 e. The van der Waals surface area contributed by atoms with Crippen molar-refractivity contribution >= 4 is 16.8 Å². The molecule has 2 heterocycles. The molecule has 1 aliphatic heterocycles. The van der Waals surface area contributed by atoms with Crippen molar-refractivity contribution in [1.29, 1.82) is 0 Å². The lowest BCUT2D eigenvalue weighted by Crippen LogP contribution is -2.46. The highest BCUT2D eigenvalue weighted by atomic mass is 16.5. The molecule has 2 N–H and O–H groups in total. The van der Waals surface area contributed by atoms with Crippen LogP contribution >= 0.6 is 0 Å². The molecule has 3 aromatic rings. The highest BCUT2D eigenvalue weighted by molar-refractivity contribution is 5.97. The third-order valence-electron chi connectivity index (χ3n) is 5.01. The van der Waals surface area contributed by atoms with Crippen molar-refractivity contribution in [2.24, 2.45) is 5.73 Å². The van der Waals surface area contributed by atoms with Gasteiger partial charge in [-0.3, -0.25) is 9.78 Å². The van der Waals surface area contributed by atoms with E-state index in [0.717, 1.165) is 28.5 Å². The lowest BCUT2D eigenvalue weighted by molar-refractivity contribution is -0.0236. The SMILES string of the molecule is NCC[C@H]1CN(C(=O)c2ccc(-c3ccnc4ccccc34)cc2)CCO1. The molecule has 5 heteroatoms. The molecule has 5 nitrogen and oxygen atoms in total. The Morgan fingerprint density at radius 1 is 1.15 bits per heavy atom. The summed E-state index contributed by atoms with van der Waals surface area (Å²) in [5.41, 5.74) is 9.48. The lowest BCUT2D eigenvalue weighted by Gasteiger charge is -2.33. The minimum absolute atomic E-state index is 0.0372. The molecule has 27 heavy (non-hydrogen) atoms. The molecule has 1 aromatic heterocycles. The number of pyridine rings is 1. The summed E-state index contributed by atoms with van der Waals surface area (Å²) in [5, 5.41) is 1.11. The van der Waals surface area contributed by atoms with Crippen molar-refractivity contribution in [1.82, 2.24) is 9.88 Å². The highest BCUT2D eigenvalue weighted by Crippen LogP contribution is 2.27. The van der Waals surface area contributed by atoms with Gasteiger partial charge in [-0.15, -0.1) is 0 Å². The van der Waals surface area contributed by atoms with Gasteiger partial charge in [0.15, 0.2) is 0 Å². The van der Waals surface area contributed by atoms with Gasteiger partial charge in [0.1, 0.15) is 0 Å². The van der Waals surface area contributed by atoms with Crippen LogP contribution in [0.25, 0.3) is 22.0 Å². The standard InChI is InChI=1S/C22H23N3O2/c23-11-9-18-15-25(13-14-27-18)22(26)17-7-5-16(6-8-17)19-10-12-24-21-4-2-1-3-20(19)21/h1-8,10,12,18H,9,11,13-15,23H2/t18-/m0/s1. The first-order chi connectivity index (χ1) is 13.3. The van der Waals surface area contributed by atoms with Crippen LogP contribution in [0.2, 0.25) is 0 Å². The number of nitrogens with zero attached hydrogens (tertiary/aromatic N) is 2. The molecule has 138 valence electrons. The predicted octanol–water partition coefficient (Wildman–Crippen LogP) is 3.09. The van der Waals surface area contributed by atoms with Crippen molar-refractivity contribution in [2.75, 3.05) is 26.2 Å². The number of carbonyl (C=O) groups is 1.